The number of aliphatic hydroxyl groups is 1. The van der Waals surface area contributed by atoms with Crippen LogP contribution >= 0.6 is 7.92 Å². The summed E-state index contributed by atoms with van der Waals surface area (Å²) in [7, 11) is -0.830. The van der Waals surface area contributed by atoms with E-state index < -0.39 is 14.0 Å². The molecule has 0 aromatic heterocycles. The van der Waals surface area contributed by atoms with Crippen LogP contribution in [0.1, 0.15) is 29.2 Å². The van der Waals surface area contributed by atoms with E-state index in [2.05, 4.69) is 66.0 Å². The number of benzene rings is 4. The molecule has 4 rings (SSSR count). The number of hydrogen-bond acceptors (Lipinski definition) is 2. The van der Waals surface area contributed by atoms with Crippen LogP contribution < -0.4 is 15.9 Å². The molecule has 0 spiro atoms. The van der Waals surface area contributed by atoms with Gasteiger partial charge in [-0.25, -0.2) is 0 Å². The first-order valence-corrected chi connectivity index (χ1v) is 12.6. The predicted octanol–water partition coefficient (Wildman–Crippen LogP) is 3.92. The van der Waals surface area contributed by atoms with Crippen molar-refractivity contribution in [2.24, 2.45) is 0 Å². The van der Waals surface area contributed by atoms with Crippen LogP contribution in [0.15, 0.2) is 121 Å². The van der Waals surface area contributed by atoms with Crippen molar-refractivity contribution in [2.45, 2.75) is 18.1 Å². The molecule has 0 aliphatic heterocycles. The van der Waals surface area contributed by atoms with Crippen molar-refractivity contribution in [3.8, 4) is 0 Å². The number of rotatable bonds is 9. The van der Waals surface area contributed by atoms with E-state index in [0.29, 0.717) is 6.42 Å². The van der Waals surface area contributed by atoms with E-state index in [-0.39, 0.29) is 26.6 Å². The standard InChI is InChI=1S/C29H28NO2P.BH3/c31-22-27(23-13-5-1-6-14-23)30-29(32)21-28(24-15-7-2-8-16-24)33(25-17-9-3-10-18-25)26-19-11-4-12-20-26;/h1-20,27-28,31H,21-22H2,(H,30,32);1H3/t27-,28+;/m0./s1. The summed E-state index contributed by atoms with van der Waals surface area (Å²) in [5.41, 5.74) is 2.05. The molecule has 4 aromatic rings. The van der Waals surface area contributed by atoms with Gasteiger partial charge >= 0.3 is 0 Å². The Labute approximate surface area is 205 Å². The van der Waals surface area contributed by atoms with Gasteiger partial charge in [-0.2, -0.15) is 0 Å². The molecule has 0 saturated heterocycles. The van der Waals surface area contributed by atoms with Crippen LogP contribution in [-0.2, 0) is 4.79 Å². The highest BCUT2D eigenvalue weighted by molar-refractivity contribution is 7.73. The number of amides is 1. The van der Waals surface area contributed by atoms with Gasteiger partial charge in [0, 0.05) is 12.1 Å². The maximum Gasteiger partial charge on any atom is 0.221 e. The molecule has 172 valence electrons. The van der Waals surface area contributed by atoms with Crippen molar-refractivity contribution >= 4 is 32.9 Å². The number of hydrogen-bond donors (Lipinski definition) is 2. The highest BCUT2D eigenvalue weighted by atomic mass is 31.1. The van der Waals surface area contributed by atoms with Crippen LogP contribution in [-0.4, -0.2) is 26.0 Å². The Morgan fingerprint density at radius 2 is 1.09 bits per heavy atom. The van der Waals surface area contributed by atoms with Crippen LogP contribution in [0, 0.1) is 0 Å². The Morgan fingerprint density at radius 1 is 0.676 bits per heavy atom. The highest BCUT2D eigenvalue weighted by Gasteiger charge is 2.29. The summed E-state index contributed by atoms with van der Waals surface area (Å²) in [5.74, 6) is -0.0638. The van der Waals surface area contributed by atoms with Gasteiger partial charge in [-0.05, 0) is 29.7 Å². The third-order valence-corrected chi connectivity index (χ3v) is 8.48. The number of aliphatic hydroxyl groups excluding tert-OH is 1. The van der Waals surface area contributed by atoms with Gasteiger partial charge in [0.25, 0.3) is 0 Å². The van der Waals surface area contributed by atoms with Gasteiger partial charge in [0.15, 0.2) is 0 Å². The molecule has 3 nitrogen and oxygen atoms in total. The molecule has 0 aliphatic carbocycles. The molecule has 2 N–H and O–H groups in total. The Kier molecular flexibility index (Phi) is 9.64. The fourth-order valence-corrected chi connectivity index (χ4v) is 6.89. The largest absolute Gasteiger partial charge is 0.394 e. The van der Waals surface area contributed by atoms with Crippen LogP contribution in [0.2, 0.25) is 0 Å². The minimum atomic E-state index is -0.830. The van der Waals surface area contributed by atoms with Crippen molar-refractivity contribution in [1.29, 1.82) is 0 Å². The lowest BCUT2D eigenvalue weighted by atomic mass is 10.1. The van der Waals surface area contributed by atoms with Crippen molar-refractivity contribution in [1.82, 2.24) is 5.32 Å². The van der Waals surface area contributed by atoms with E-state index in [4.69, 9.17) is 0 Å². The quantitative estimate of drug-likeness (QED) is 0.290. The average molecular weight is 467 g/mol. The second kappa shape index (κ2) is 12.9. The summed E-state index contributed by atoms with van der Waals surface area (Å²) in [6.07, 6.45) is 0.336. The van der Waals surface area contributed by atoms with E-state index in [0.717, 1.165) is 11.1 Å². The lowest BCUT2D eigenvalue weighted by molar-refractivity contribution is -0.122. The molecule has 34 heavy (non-hydrogen) atoms. The van der Waals surface area contributed by atoms with Crippen LogP contribution in [0.25, 0.3) is 0 Å². The zero-order valence-electron chi connectivity index (χ0n) is 18.4. The zero-order valence-corrected chi connectivity index (χ0v) is 19.3. The van der Waals surface area contributed by atoms with Gasteiger partial charge in [0.2, 0.25) is 5.91 Å². The van der Waals surface area contributed by atoms with Crippen molar-refractivity contribution in [3.05, 3.63) is 132 Å². The molecule has 1 amide bonds. The fraction of sp³-hybridized carbons (Fsp3) is 0.138. The van der Waals surface area contributed by atoms with Crippen LogP contribution in [0.5, 0.6) is 0 Å². The van der Waals surface area contributed by atoms with Gasteiger partial charge in [0.05, 0.1) is 21.1 Å². The first-order chi connectivity index (χ1) is 16.3. The smallest absolute Gasteiger partial charge is 0.221 e. The first kappa shape index (κ1) is 25.4. The van der Waals surface area contributed by atoms with Crippen LogP contribution in [0.3, 0.4) is 0 Å². The molecule has 0 heterocycles. The molecule has 0 saturated carbocycles. The number of nitrogens with one attached hydrogen (secondary N) is 1. The summed E-state index contributed by atoms with van der Waals surface area (Å²) in [6, 6.07) is 40.4. The minimum absolute atomic E-state index is 0. The average Bonchev–Trinajstić information content (AvgIpc) is 2.89. The Morgan fingerprint density at radius 3 is 1.53 bits per heavy atom. The van der Waals surface area contributed by atoms with Crippen molar-refractivity contribution < 1.29 is 9.90 Å². The molecule has 4 aromatic carbocycles. The fourth-order valence-electron chi connectivity index (χ4n) is 4.07. The maximum absolute atomic E-state index is 13.3. The monoisotopic (exact) mass is 467 g/mol. The molecule has 2 atom stereocenters. The SMILES string of the molecule is B.O=C(C[C@H](c1ccccc1)P(c1ccccc1)c1ccccc1)N[C@@H](CO)c1ccccc1. The normalized spacial score (nSPS) is 12.4. The summed E-state index contributed by atoms with van der Waals surface area (Å²) < 4.78 is 0. The van der Waals surface area contributed by atoms with E-state index >= 15 is 0 Å². The third-order valence-electron chi connectivity index (χ3n) is 5.66. The summed E-state index contributed by atoms with van der Waals surface area (Å²) in [5, 5.41) is 15.5. The van der Waals surface area contributed by atoms with Gasteiger partial charge in [-0.3, -0.25) is 4.79 Å². The van der Waals surface area contributed by atoms with Gasteiger partial charge in [-0.15, -0.1) is 0 Å². The summed E-state index contributed by atoms with van der Waals surface area (Å²) in [6.45, 7) is -0.141. The molecule has 5 heteroatoms. The number of carbonyl (C=O) groups excluding carboxylic acids is 1. The van der Waals surface area contributed by atoms with Crippen molar-refractivity contribution in [3.63, 3.8) is 0 Å². The molecular weight excluding hydrogens is 436 g/mol. The molecule has 0 aliphatic rings. The number of carbonyl (C=O) groups is 1. The Hall–Kier alpha value is -3.20. The van der Waals surface area contributed by atoms with Gasteiger partial charge < -0.3 is 10.4 Å². The van der Waals surface area contributed by atoms with E-state index in [1.807, 2.05) is 60.7 Å². The van der Waals surface area contributed by atoms with Crippen LogP contribution in [0.4, 0.5) is 0 Å². The highest BCUT2D eigenvalue weighted by Crippen LogP contribution is 2.51. The first-order valence-electron chi connectivity index (χ1n) is 11.2. The Balaban J connectivity index is 0.00000324. The summed E-state index contributed by atoms with van der Waals surface area (Å²) in [4.78, 5) is 13.3. The molecule has 0 fully saturated rings. The third kappa shape index (κ3) is 6.44. The van der Waals surface area contributed by atoms with E-state index in [1.165, 1.54) is 10.6 Å². The van der Waals surface area contributed by atoms with Gasteiger partial charge in [-0.1, -0.05) is 121 Å². The molecular formula is C29H31BNO2P. The zero-order chi connectivity index (χ0) is 22.9. The summed E-state index contributed by atoms with van der Waals surface area (Å²) >= 11 is 0. The molecule has 0 bridgehead atoms. The van der Waals surface area contributed by atoms with Gasteiger partial charge in [0.1, 0.15) is 0 Å². The maximum atomic E-state index is 13.3. The molecule has 0 radical (unpaired) electrons. The predicted molar refractivity (Wildman–Crippen MR) is 147 cm³/mol. The molecule has 0 unspecified atom stereocenters. The van der Waals surface area contributed by atoms with Crippen molar-refractivity contribution in [2.75, 3.05) is 6.61 Å². The van der Waals surface area contributed by atoms with E-state index in [9.17, 15) is 9.90 Å². The minimum Gasteiger partial charge on any atom is -0.394 e. The second-order valence-corrected chi connectivity index (χ2v) is 10.3. The lowest BCUT2D eigenvalue weighted by Gasteiger charge is -2.29. The van der Waals surface area contributed by atoms with E-state index in [1.54, 1.807) is 0 Å². The lowest BCUT2D eigenvalue weighted by Crippen LogP contribution is -2.32. The second-order valence-electron chi connectivity index (χ2n) is 7.89. The Bertz CT molecular complexity index is 1090. The topological polar surface area (TPSA) is 49.3 Å².